The van der Waals surface area contributed by atoms with Crippen molar-refractivity contribution in [2.45, 2.75) is 6.04 Å². The number of benzene rings is 2. The summed E-state index contributed by atoms with van der Waals surface area (Å²) in [5, 5.41) is 2.93. The Labute approximate surface area is 161 Å². The molecule has 0 aliphatic heterocycles. The average Bonchev–Trinajstić information content (AvgIpc) is 2.73. The Kier molecular flexibility index (Phi) is 5.44. The molecule has 0 spiro atoms. The molecule has 0 fully saturated rings. The highest BCUT2D eigenvalue weighted by Gasteiger charge is 2.20. The van der Waals surface area contributed by atoms with E-state index in [0.29, 0.717) is 5.75 Å². The van der Waals surface area contributed by atoms with E-state index in [1.54, 1.807) is 7.11 Å². The van der Waals surface area contributed by atoms with Crippen molar-refractivity contribution >= 4 is 5.91 Å². The molecule has 1 heterocycles. The van der Waals surface area contributed by atoms with Crippen molar-refractivity contribution < 1.29 is 9.53 Å². The molecular formula is C21H21N3O4. The summed E-state index contributed by atoms with van der Waals surface area (Å²) in [7, 11) is 4.42. The monoisotopic (exact) mass is 379 g/mol. The molecule has 0 saturated carbocycles. The van der Waals surface area contributed by atoms with Crippen LogP contribution in [0.3, 0.4) is 0 Å². The van der Waals surface area contributed by atoms with Crippen LogP contribution in [0.15, 0.2) is 70.3 Å². The number of hydrogen-bond acceptors (Lipinski definition) is 4. The Hall–Kier alpha value is -3.61. The Bertz CT molecular complexity index is 1100. The first kappa shape index (κ1) is 19.2. The summed E-state index contributed by atoms with van der Waals surface area (Å²) in [5.74, 6) is 0.192. The van der Waals surface area contributed by atoms with E-state index in [0.717, 1.165) is 26.3 Å². The van der Waals surface area contributed by atoms with E-state index < -0.39 is 23.2 Å². The van der Waals surface area contributed by atoms with Crippen LogP contribution < -0.4 is 21.3 Å². The zero-order chi connectivity index (χ0) is 20.3. The summed E-state index contributed by atoms with van der Waals surface area (Å²) < 4.78 is 7.31. The minimum atomic E-state index is -0.557. The lowest BCUT2D eigenvalue weighted by Gasteiger charge is -2.21. The minimum absolute atomic E-state index is 0.00235. The highest BCUT2D eigenvalue weighted by Crippen LogP contribution is 2.24. The number of ether oxygens (including phenoxy) is 1. The Morgan fingerprint density at radius 3 is 2.14 bits per heavy atom. The summed E-state index contributed by atoms with van der Waals surface area (Å²) in [6.45, 7) is 0. The van der Waals surface area contributed by atoms with Gasteiger partial charge in [0.2, 0.25) is 0 Å². The molecule has 0 saturated heterocycles. The molecule has 0 radical (unpaired) electrons. The van der Waals surface area contributed by atoms with Gasteiger partial charge in [0.05, 0.1) is 13.2 Å². The van der Waals surface area contributed by atoms with Crippen molar-refractivity contribution in [2.24, 2.45) is 14.1 Å². The lowest BCUT2D eigenvalue weighted by Crippen LogP contribution is -2.41. The van der Waals surface area contributed by atoms with Crippen LogP contribution in [0.25, 0.3) is 0 Å². The quantitative estimate of drug-likeness (QED) is 0.730. The number of amides is 1. The molecule has 1 amide bonds. The van der Waals surface area contributed by atoms with Gasteiger partial charge in [0, 0.05) is 20.2 Å². The van der Waals surface area contributed by atoms with Gasteiger partial charge < -0.3 is 10.1 Å². The van der Waals surface area contributed by atoms with Crippen molar-refractivity contribution in [3.63, 3.8) is 0 Å². The van der Waals surface area contributed by atoms with Crippen LogP contribution >= 0.6 is 0 Å². The van der Waals surface area contributed by atoms with Crippen molar-refractivity contribution in [3.05, 3.63) is 98.3 Å². The van der Waals surface area contributed by atoms with Crippen molar-refractivity contribution in [2.75, 3.05) is 7.11 Å². The fourth-order valence-electron chi connectivity index (χ4n) is 2.96. The summed E-state index contributed by atoms with van der Waals surface area (Å²) in [4.78, 5) is 37.0. The van der Waals surface area contributed by atoms with E-state index in [-0.39, 0.29) is 5.69 Å². The molecule has 3 rings (SSSR count). The zero-order valence-electron chi connectivity index (χ0n) is 15.9. The molecule has 0 aliphatic rings. The Morgan fingerprint density at radius 1 is 0.929 bits per heavy atom. The molecule has 1 aromatic heterocycles. The zero-order valence-corrected chi connectivity index (χ0v) is 15.9. The molecule has 28 heavy (non-hydrogen) atoms. The van der Waals surface area contributed by atoms with Crippen LogP contribution in [0.1, 0.15) is 27.7 Å². The maximum absolute atomic E-state index is 12.9. The fourth-order valence-corrected chi connectivity index (χ4v) is 2.96. The van der Waals surface area contributed by atoms with E-state index in [9.17, 15) is 14.4 Å². The number of rotatable bonds is 5. The number of aromatic nitrogens is 2. The first-order chi connectivity index (χ1) is 13.4. The normalized spacial score (nSPS) is 11.7. The summed E-state index contributed by atoms with van der Waals surface area (Å²) in [6.07, 6.45) is 0. The second-order valence-electron chi connectivity index (χ2n) is 6.36. The second kappa shape index (κ2) is 7.96. The first-order valence-corrected chi connectivity index (χ1v) is 8.69. The van der Waals surface area contributed by atoms with Crippen LogP contribution in [-0.4, -0.2) is 22.2 Å². The molecule has 3 aromatic rings. The molecule has 2 aromatic carbocycles. The van der Waals surface area contributed by atoms with Crippen molar-refractivity contribution in [3.8, 4) is 5.75 Å². The van der Waals surface area contributed by atoms with Gasteiger partial charge in [-0.1, -0.05) is 42.5 Å². The molecule has 144 valence electrons. The molecule has 0 bridgehead atoms. The summed E-state index contributed by atoms with van der Waals surface area (Å²) >= 11 is 0. The lowest BCUT2D eigenvalue weighted by molar-refractivity contribution is 0.0932. The Balaban J connectivity index is 2.01. The van der Waals surface area contributed by atoms with E-state index in [4.69, 9.17) is 4.74 Å². The third kappa shape index (κ3) is 3.73. The van der Waals surface area contributed by atoms with Crippen LogP contribution in [-0.2, 0) is 14.1 Å². The maximum Gasteiger partial charge on any atom is 0.331 e. The van der Waals surface area contributed by atoms with Gasteiger partial charge in [-0.25, -0.2) is 4.79 Å². The van der Waals surface area contributed by atoms with E-state index in [1.165, 1.54) is 14.1 Å². The highest BCUT2D eigenvalue weighted by molar-refractivity contribution is 5.93. The molecule has 1 N–H and O–H groups in total. The maximum atomic E-state index is 12.9. The number of hydrogen-bond donors (Lipinski definition) is 1. The van der Waals surface area contributed by atoms with E-state index in [1.807, 2.05) is 54.6 Å². The number of carbonyl (C=O) groups is 1. The van der Waals surface area contributed by atoms with Crippen molar-refractivity contribution in [1.82, 2.24) is 14.5 Å². The number of carbonyl (C=O) groups excluding carboxylic acids is 1. The number of nitrogens with zero attached hydrogens (tertiary/aromatic N) is 2. The van der Waals surface area contributed by atoms with Crippen LogP contribution in [0.5, 0.6) is 5.75 Å². The van der Waals surface area contributed by atoms with E-state index >= 15 is 0 Å². The van der Waals surface area contributed by atoms with Crippen LogP contribution in [0.4, 0.5) is 0 Å². The molecular weight excluding hydrogens is 358 g/mol. The topological polar surface area (TPSA) is 82.3 Å². The van der Waals surface area contributed by atoms with Crippen LogP contribution in [0, 0.1) is 0 Å². The summed E-state index contributed by atoms with van der Waals surface area (Å²) in [5.41, 5.74) is 0.624. The second-order valence-corrected chi connectivity index (χ2v) is 6.36. The third-order valence-electron chi connectivity index (χ3n) is 4.62. The van der Waals surface area contributed by atoms with Gasteiger partial charge in [0.25, 0.3) is 11.5 Å². The average molecular weight is 379 g/mol. The van der Waals surface area contributed by atoms with Gasteiger partial charge in [-0.05, 0) is 23.3 Å². The number of nitrogens with one attached hydrogen (secondary N) is 1. The lowest BCUT2D eigenvalue weighted by atomic mass is 9.98. The van der Waals surface area contributed by atoms with Gasteiger partial charge >= 0.3 is 5.69 Å². The smallest absolute Gasteiger partial charge is 0.331 e. The molecule has 1 atom stereocenters. The standard InChI is InChI=1S/C21H21N3O4/c1-23-17(13-18(25)24(2)21(23)27)20(26)22-19(14-7-5-4-6-8-14)15-9-11-16(28-3)12-10-15/h4-13,19H,1-3H3,(H,22,26)/t19-/m0/s1. The van der Waals surface area contributed by atoms with Gasteiger partial charge in [0.1, 0.15) is 11.4 Å². The predicted molar refractivity (Wildman–Crippen MR) is 106 cm³/mol. The summed E-state index contributed by atoms with van der Waals surface area (Å²) in [6, 6.07) is 17.5. The molecule has 7 nitrogen and oxygen atoms in total. The third-order valence-corrected chi connectivity index (χ3v) is 4.62. The predicted octanol–water partition coefficient (Wildman–Crippen LogP) is 1.61. The number of methoxy groups -OCH3 is 1. The highest BCUT2D eigenvalue weighted by atomic mass is 16.5. The molecule has 0 aliphatic carbocycles. The van der Waals surface area contributed by atoms with Crippen molar-refractivity contribution in [1.29, 1.82) is 0 Å². The molecule has 7 heteroatoms. The van der Waals surface area contributed by atoms with E-state index in [2.05, 4.69) is 5.32 Å². The fraction of sp³-hybridized carbons (Fsp3) is 0.190. The van der Waals surface area contributed by atoms with Gasteiger partial charge in [0.15, 0.2) is 0 Å². The first-order valence-electron chi connectivity index (χ1n) is 8.69. The van der Waals surface area contributed by atoms with Gasteiger partial charge in [-0.2, -0.15) is 0 Å². The van der Waals surface area contributed by atoms with Crippen LogP contribution in [0.2, 0.25) is 0 Å². The van der Waals surface area contributed by atoms with Gasteiger partial charge in [-0.3, -0.25) is 18.7 Å². The molecule has 0 unspecified atom stereocenters. The Morgan fingerprint density at radius 2 is 1.54 bits per heavy atom. The SMILES string of the molecule is COc1ccc([C@@H](NC(=O)c2cc(=O)n(C)c(=O)n2C)c2ccccc2)cc1. The van der Waals surface area contributed by atoms with Gasteiger partial charge in [-0.15, -0.1) is 0 Å². The largest absolute Gasteiger partial charge is 0.497 e. The minimum Gasteiger partial charge on any atom is -0.497 e.